The van der Waals surface area contributed by atoms with Gasteiger partial charge in [0, 0.05) is 24.7 Å². The largest absolute Gasteiger partial charge is 0.497 e. The van der Waals surface area contributed by atoms with Crippen molar-refractivity contribution in [3.8, 4) is 11.5 Å². The van der Waals surface area contributed by atoms with Gasteiger partial charge < -0.3 is 20.1 Å². The van der Waals surface area contributed by atoms with E-state index in [2.05, 4.69) is 10.6 Å². The highest BCUT2D eigenvalue weighted by Crippen LogP contribution is 2.30. The Bertz CT molecular complexity index is 776. The SMILES string of the molecule is CNc1ccc(C(=O)Nc2ccc(OC)cc2OC)cc1[N+](=O)[O-]. The molecule has 2 aromatic carbocycles. The Balaban J connectivity index is 2.30. The summed E-state index contributed by atoms with van der Waals surface area (Å²) in [5.74, 6) is 0.520. The molecule has 0 radical (unpaired) electrons. The molecule has 0 fully saturated rings. The number of nitrogens with one attached hydrogen (secondary N) is 2. The van der Waals surface area contributed by atoms with Crippen LogP contribution in [0.4, 0.5) is 17.1 Å². The van der Waals surface area contributed by atoms with Crippen LogP contribution in [0.25, 0.3) is 0 Å². The lowest BCUT2D eigenvalue weighted by molar-refractivity contribution is -0.384. The Labute approximate surface area is 138 Å². The molecule has 2 rings (SSSR count). The zero-order chi connectivity index (χ0) is 17.7. The van der Waals surface area contributed by atoms with Crippen LogP contribution in [0.3, 0.4) is 0 Å². The molecule has 126 valence electrons. The maximum Gasteiger partial charge on any atom is 0.293 e. The molecule has 0 saturated heterocycles. The molecule has 0 spiro atoms. The van der Waals surface area contributed by atoms with Gasteiger partial charge in [-0.05, 0) is 24.3 Å². The van der Waals surface area contributed by atoms with E-state index < -0.39 is 10.8 Å². The Hall–Kier alpha value is -3.29. The van der Waals surface area contributed by atoms with Gasteiger partial charge in [-0.1, -0.05) is 0 Å². The second-order valence-electron chi connectivity index (χ2n) is 4.76. The Morgan fingerprint density at radius 3 is 2.38 bits per heavy atom. The standard InChI is InChI=1S/C16H17N3O5/c1-17-12-6-4-10(8-14(12)19(21)22)16(20)18-13-7-5-11(23-2)9-15(13)24-3/h4-9,17H,1-3H3,(H,18,20). The van der Waals surface area contributed by atoms with Gasteiger partial charge in [0.05, 0.1) is 24.8 Å². The number of nitro groups is 1. The van der Waals surface area contributed by atoms with Crippen LogP contribution in [0.15, 0.2) is 36.4 Å². The molecule has 1 amide bonds. The van der Waals surface area contributed by atoms with Crippen molar-refractivity contribution in [3.05, 3.63) is 52.1 Å². The Morgan fingerprint density at radius 1 is 1.08 bits per heavy atom. The molecule has 2 N–H and O–H groups in total. The monoisotopic (exact) mass is 331 g/mol. The fourth-order valence-electron chi connectivity index (χ4n) is 2.13. The van der Waals surface area contributed by atoms with Crippen LogP contribution in [-0.4, -0.2) is 32.1 Å². The number of amides is 1. The van der Waals surface area contributed by atoms with E-state index in [1.807, 2.05) is 0 Å². The van der Waals surface area contributed by atoms with Gasteiger partial charge in [0.2, 0.25) is 0 Å². The molecule has 0 aliphatic rings. The van der Waals surface area contributed by atoms with Crippen LogP contribution in [0.2, 0.25) is 0 Å². The van der Waals surface area contributed by atoms with Crippen LogP contribution < -0.4 is 20.1 Å². The minimum atomic E-state index is -0.545. The predicted molar refractivity (Wildman–Crippen MR) is 90.1 cm³/mol. The third kappa shape index (κ3) is 3.54. The van der Waals surface area contributed by atoms with E-state index in [0.717, 1.165) is 0 Å². The highest BCUT2D eigenvalue weighted by atomic mass is 16.6. The summed E-state index contributed by atoms with van der Waals surface area (Å²) in [4.78, 5) is 22.9. The van der Waals surface area contributed by atoms with E-state index >= 15 is 0 Å². The number of hydrogen-bond donors (Lipinski definition) is 2. The van der Waals surface area contributed by atoms with E-state index in [4.69, 9.17) is 9.47 Å². The molecule has 0 aliphatic carbocycles. The number of benzene rings is 2. The summed E-state index contributed by atoms with van der Waals surface area (Å²) < 4.78 is 10.3. The number of carbonyl (C=O) groups is 1. The van der Waals surface area contributed by atoms with Crippen LogP contribution in [0, 0.1) is 10.1 Å². The van der Waals surface area contributed by atoms with Gasteiger partial charge in [-0.15, -0.1) is 0 Å². The van der Waals surface area contributed by atoms with Crippen molar-refractivity contribution in [3.63, 3.8) is 0 Å². The van der Waals surface area contributed by atoms with Crippen molar-refractivity contribution >= 4 is 23.0 Å². The first kappa shape index (κ1) is 17.1. The summed E-state index contributed by atoms with van der Waals surface area (Å²) in [5.41, 5.74) is 0.757. The minimum absolute atomic E-state index is 0.165. The second-order valence-corrected chi connectivity index (χ2v) is 4.76. The average Bonchev–Trinajstić information content (AvgIpc) is 2.61. The molecule has 0 aliphatic heterocycles. The number of anilines is 2. The number of nitro benzene ring substituents is 1. The molecule has 24 heavy (non-hydrogen) atoms. The number of ether oxygens (including phenoxy) is 2. The molecule has 0 atom stereocenters. The van der Waals surface area contributed by atoms with Crippen LogP contribution in [-0.2, 0) is 0 Å². The number of carbonyl (C=O) groups excluding carboxylic acids is 1. The molecule has 8 heteroatoms. The highest BCUT2D eigenvalue weighted by molar-refractivity contribution is 6.05. The number of rotatable bonds is 6. The van der Waals surface area contributed by atoms with Gasteiger partial charge in [0.25, 0.3) is 11.6 Å². The lowest BCUT2D eigenvalue weighted by Crippen LogP contribution is -2.13. The predicted octanol–water partition coefficient (Wildman–Crippen LogP) is 2.91. The topological polar surface area (TPSA) is 103 Å². The van der Waals surface area contributed by atoms with Gasteiger partial charge in [0.1, 0.15) is 17.2 Å². The van der Waals surface area contributed by atoms with Crippen molar-refractivity contribution in [2.24, 2.45) is 0 Å². The Morgan fingerprint density at radius 2 is 1.79 bits per heavy atom. The van der Waals surface area contributed by atoms with Crippen LogP contribution >= 0.6 is 0 Å². The molecule has 0 saturated carbocycles. The maximum absolute atomic E-state index is 12.4. The summed E-state index contributed by atoms with van der Waals surface area (Å²) in [6.07, 6.45) is 0. The van der Waals surface area contributed by atoms with Gasteiger partial charge >= 0.3 is 0 Å². The van der Waals surface area contributed by atoms with E-state index in [-0.39, 0.29) is 11.3 Å². The fourth-order valence-corrected chi connectivity index (χ4v) is 2.13. The Kier molecular flexibility index (Phi) is 5.20. The van der Waals surface area contributed by atoms with E-state index in [1.165, 1.54) is 32.4 Å². The molecule has 2 aromatic rings. The van der Waals surface area contributed by atoms with Gasteiger partial charge in [0.15, 0.2) is 0 Å². The maximum atomic E-state index is 12.4. The normalized spacial score (nSPS) is 9.96. The van der Waals surface area contributed by atoms with Crippen molar-refractivity contribution in [1.29, 1.82) is 0 Å². The van der Waals surface area contributed by atoms with Gasteiger partial charge in [-0.3, -0.25) is 14.9 Å². The third-order valence-electron chi connectivity index (χ3n) is 3.38. The minimum Gasteiger partial charge on any atom is -0.497 e. The number of nitrogens with zero attached hydrogens (tertiary/aromatic N) is 1. The molecule has 0 aromatic heterocycles. The summed E-state index contributed by atoms with van der Waals surface area (Å²) in [5, 5.41) is 16.5. The summed E-state index contributed by atoms with van der Waals surface area (Å²) in [7, 11) is 4.57. The van der Waals surface area contributed by atoms with Gasteiger partial charge in [-0.25, -0.2) is 0 Å². The zero-order valence-electron chi connectivity index (χ0n) is 13.5. The average molecular weight is 331 g/mol. The van der Waals surface area contributed by atoms with Crippen molar-refractivity contribution in [2.75, 3.05) is 31.9 Å². The highest BCUT2D eigenvalue weighted by Gasteiger charge is 2.18. The molecule has 8 nitrogen and oxygen atoms in total. The number of hydrogen-bond acceptors (Lipinski definition) is 6. The first-order valence-electron chi connectivity index (χ1n) is 6.99. The lowest BCUT2D eigenvalue weighted by Gasteiger charge is -2.12. The van der Waals surface area contributed by atoms with E-state index in [0.29, 0.717) is 22.9 Å². The third-order valence-corrected chi connectivity index (χ3v) is 3.38. The molecular formula is C16H17N3O5. The zero-order valence-corrected chi connectivity index (χ0v) is 13.5. The summed E-state index contributed by atoms with van der Waals surface area (Å²) in [6.45, 7) is 0. The fraction of sp³-hybridized carbons (Fsp3) is 0.188. The van der Waals surface area contributed by atoms with Gasteiger partial charge in [-0.2, -0.15) is 0 Å². The lowest BCUT2D eigenvalue weighted by atomic mass is 10.1. The first-order chi connectivity index (χ1) is 11.5. The second kappa shape index (κ2) is 7.32. The first-order valence-corrected chi connectivity index (χ1v) is 6.99. The van der Waals surface area contributed by atoms with Crippen LogP contribution in [0.1, 0.15) is 10.4 Å². The van der Waals surface area contributed by atoms with Crippen molar-refractivity contribution < 1.29 is 19.2 Å². The van der Waals surface area contributed by atoms with E-state index in [1.54, 1.807) is 25.2 Å². The van der Waals surface area contributed by atoms with Crippen molar-refractivity contribution in [1.82, 2.24) is 0 Å². The smallest absolute Gasteiger partial charge is 0.293 e. The summed E-state index contributed by atoms with van der Waals surface area (Å²) in [6, 6.07) is 9.14. The molecular weight excluding hydrogens is 314 g/mol. The molecule has 0 bridgehead atoms. The van der Waals surface area contributed by atoms with E-state index in [9.17, 15) is 14.9 Å². The number of methoxy groups -OCH3 is 2. The van der Waals surface area contributed by atoms with Crippen molar-refractivity contribution in [2.45, 2.75) is 0 Å². The molecule has 0 unspecified atom stereocenters. The van der Waals surface area contributed by atoms with Crippen LogP contribution in [0.5, 0.6) is 11.5 Å². The summed E-state index contributed by atoms with van der Waals surface area (Å²) >= 11 is 0. The molecule has 0 heterocycles. The quantitative estimate of drug-likeness (QED) is 0.623.